The van der Waals surface area contributed by atoms with E-state index < -0.39 is 6.10 Å². The van der Waals surface area contributed by atoms with Gasteiger partial charge in [-0.25, -0.2) is 4.39 Å². The van der Waals surface area contributed by atoms with Crippen LogP contribution in [0, 0.1) is 5.82 Å². The van der Waals surface area contributed by atoms with Crippen LogP contribution in [0.5, 0.6) is 5.75 Å². The van der Waals surface area contributed by atoms with Gasteiger partial charge < -0.3 is 15.2 Å². The summed E-state index contributed by atoms with van der Waals surface area (Å²) >= 11 is 0. The van der Waals surface area contributed by atoms with Crippen molar-refractivity contribution < 1.29 is 14.2 Å². The maximum absolute atomic E-state index is 13.5. The molecule has 0 heterocycles. The van der Waals surface area contributed by atoms with Crippen LogP contribution in [0.25, 0.3) is 0 Å². The number of aliphatic hydroxyl groups excluding tert-OH is 1. The molecule has 116 valence electrons. The largest absolute Gasteiger partial charge is 0.494 e. The molecule has 0 bridgehead atoms. The van der Waals surface area contributed by atoms with Crippen molar-refractivity contribution in [3.05, 3.63) is 65.0 Å². The lowest BCUT2D eigenvalue weighted by atomic mass is 10.0. The second-order valence-corrected chi connectivity index (χ2v) is 5.73. The Morgan fingerprint density at radius 3 is 2.82 bits per heavy atom. The Bertz CT molecular complexity index is 674. The Morgan fingerprint density at radius 2 is 2.05 bits per heavy atom. The molecular weight excluding hydrogens is 281 g/mol. The quantitative estimate of drug-likeness (QED) is 0.911. The third-order valence-corrected chi connectivity index (χ3v) is 4.31. The molecule has 4 heteroatoms. The highest BCUT2D eigenvalue weighted by Gasteiger charge is 2.31. The van der Waals surface area contributed by atoms with Crippen molar-refractivity contribution in [2.45, 2.75) is 31.5 Å². The van der Waals surface area contributed by atoms with Gasteiger partial charge in [-0.05, 0) is 35.7 Å². The minimum Gasteiger partial charge on any atom is -0.494 e. The number of aliphatic hydroxyl groups is 1. The molecule has 2 N–H and O–H groups in total. The highest BCUT2D eigenvalue weighted by Crippen LogP contribution is 2.33. The zero-order valence-electron chi connectivity index (χ0n) is 12.7. The van der Waals surface area contributed by atoms with Crippen molar-refractivity contribution in [3.8, 4) is 5.75 Å². The van der Waals surface area contributed by atoms with Crippen LogP contribution in [-0.2, 0) is 6.42 Å². The second-order valence-electron chi connectivity index (χ2n) is 5.73. The Balaban J connectivity index is 1.81. The molecule has 3 unspecified atom stereocenters. The zero-order valence-corrected chi connectivity index (χ0v) is 12.7. The third kappa shape index (κ3) is 2.72. The first-order valence-corrected chi connectivity index (χ1v) is 7.45. The molecule has 2 aromatic carbocycles. The van der Waals surface area contributed by atoms with Crippen LogP contribution < -0.4 is 10.1 Å². The minimum atomic E-state index is -0.442. The average Bonchev–Trinajstić information content (AvgIpc) is 2.84. The molecule has 1 aliphatic carbocycles. The van der Waals surface area contributed by atoms with E-state index >= 15 is 0 Å². The van der Waals surface area contributed by atoms with E-state index in [1.807, 2.05) is 31.2 Å². The first kappa shape index (κ1) is 15.0. The molecule has 1 aliphatic rings. The smallest absolute Gasteiger partial charge is 0.165 e. The highest BCUT2D eigenvalue weighted by molar-refractivity contribution is 5.37. The molecule has 0 radical (unpaired) electrons. The van der Waals surface area contributed by atoms with E-state index in [2.05, 4.69) is 5.32 Å². The number of ether oxygens (including phenoxy) is 1. The summed E-state index contributed by atoms with van der Waals surface area (Å²) in [6, 6.07) is 12.8. The molecule has 0 saturated heterocycles. The molecule has 0 aromatic heterocycles. The van der Waals surface area contributed by atoms with E-state index in [4.69, 9.17) is 4.74 Å². The predicted molar refractivity (Wildman–Crippen MR) is 83.4 cm³/mol. The van der Waals surface area contributed by atoms with Gasteiger partial charge in [0, 0.05) is 12.5 Å². The van der Waals surface area contributed by atoms with Gasteiger partial charge in [0.2, 0.25) is 0 Å². The topological polar surface area (TPSA) is 41.5 Å². The molecule has 0 spiro atoms. The Hall–Kier alpha value is -1.91. The lowest BCUT2D eigenvalue weighted by Crippen LogP contribution is -2.31. The van der Waals surface area contributed by atoms with Crippen molar-refractivity contribution in [1.29, 1.82) is 0 Å². The van der Waals surface area contributed by atoms with Crippen LogP contribution in [-0.4, -0.2) is 18.3 Å². The van der Waals surface area contributed by atoms with Crippen LogP contribution >= 0.6 is 0 Å². The molecule has 0 aliphatic heterocycles. The summed E-state index contributed by atoms with van der Waals surface area (Å²) in [5.74, 6) is -0.136. The first-order chi connectivity index (χ1) is 10.6. The lowest BCUT2D eigenvalue weighted by molar-refractivity contribution is 0.136. The van der Waals surface area contributed by atoms with E-state index in [9.17, 15) is 9.50 Å². The fourth-order valence-corrected chi connectivity index (χ4v) is 3.09. The van der Waals surface area contributed by atoms with Crippen LogP contribution in [0.15, 0.2) is 42.5 Å². The monoisotopic (exact) mass is 301 g/mol. The molecule has 0 amide bonds. The number of hydrogen-bond acceptors (Lipinski definition) is 3. The number of rotatable bonds is 4. The third-order valence-electron chi connectivity index (χ3n) is 4.31. The van der Waals surface area contributed by atoms with Crippen molar-refractivity contribution in [3.63, 3.8) is 0 Å². The number of nitrogens with one attached hydrogen (secondary N) is 1. The molecule has 3 rings (SSSR count). The van der Waals surface area contributed by atoms with Crippen molar-refractivity contribution >= 4 is 0 Å². The molecule has 0 fully saturated rings. The Kier molecular flexibility index (Phi) is 4.14. The SMILES string of the molecule is COc1cc(C(C)NC2c3ccccc3CC2O)ccc1F. The van der Waals surface area contributed by atoms with E-state index in [0.717, 1.165) is 11.1 Å². The number of methoxy groups -OCH3 is 1. The molecule has 2 aromatic rings. The van der Waals surface area contributed by atoms with E-state index in [0.29, 0.717) is 6.42 Å². The van der Waals surface area contributed by atoms with E-state index in [1.165, 1.54) is 18.7 Å². The van der Waals surface area contributed by atoms with Gasteiger partial charge in [-0.2, -0.15) is 0 Å². The van der Waals surface area contributed by atoms with Crippen LogP contribution in [0.2, 0.25) is 0 Å². The minimum absolute atomic E-state index is 0.0275. The molecule has 22 heavy (non-hydrogen) atoms. The highest BCUT2D eigenvalue weighted by atomic mass is 19.1. The van der Waals surface area contributed by atoms with Crippen LogP contribution in [0.4, 0.5) is 4.39 Å². The predicted octanol–water partition coefficient (Wildman–Crippen LogP) is 3.14. The maximum atomic E-state index is 13.5. The van der Waals surface area contributed by atoms with E-state index in [1.54, 1.807) is 12.1 Å². The molecule has 3 atom stereocenters. The van der Waals surface area contributed by atoms with Gasteiger partial charge in [0.25, 0.3) is 0 Å². The van der Waals surface area contributed by atoms with Crippen molar-refractivity contribution in [2.24, 2.45) is 0 Å². The van der Waals surface area contributed by atoms with Gasteiger partial charge in [-0.15, -0.1) is 0 Å². The van der Waals surface area contributed by atoms with Crippen molar-refractivity contribution in [1.82, 2.24) is 5.32 Å². The Morgan fingerprint density at radius 1 is 1.27 bits per heavy atom. The summed E-state index contributed by atoms with van der Waals surface area (Å²) in [7, 11) is 1.46. The van der Waals surface area contributed by atoms with Gasteiger partial charge in [0.15, 0.2) is 11.6 Å². The first-order valence-electron chi connectivity index (χ1n) is 7.45. The molecule has 3 nitrogen and oxygen atoms in total. The number of fused-ring (bicyclic) bond motifs is 1. The summed E-state index contributed by atoms with van der Waals surface area (Å²) in [6.07, 6.45) is 0.218. The van der Waals surface area contributed by atoms with Gasteiger partial charge in [0.05, 0.1) is 19.3 Å². The van der Waals surface area contributed by atoms with Gasteiger partial charge in [-0.1, -0.05) is 30.3 Å². The van der Waals surface area contributed by atoms with Gasteiger partial charge in [-0.3, -0.25) is 0 Å². The lowest BCUT2D eigenvalue weighted by Gasteiger charge is -2.23. The van der Waals surface area contributed by atoms with Gasteiger partial charge in [0.1, 0.15) is 0 Å². The summed E-state index contributed by atoms with van der Waals surface area (Å²) in [5, 5.41) is 13.7. The van der Waals surface area contributed by atoms with Crippen molar-refractivity contribution in [2.75, 3.05) is 7.11 Å². The average molecular weight is 301 g/mol. The summed E-state index contributed by atoms with van der Waals surface area (Å²) in [6.45, 7) is 2.00. The number of hydrogen-bond donors (Lipinski definition) is 2. The van der Waals surface area contributed by atoms with E-state index in [-0.39, 0.29) is 23.7 Å². The fourth-order valence-electron chi connectivity index (χ4n) is 3.09. The standard InChI is InChI=1S/C18H20FNO2/c1-11(12-7-8-15(19)17(10-12)22-2)20-18-14-6-4-3-5-13(14)9-16(18)21/h3-8,10-11,16,18,20-21H,9H2,1-2H3. The second kappa shape index (κ2) is 6.07. The fraction of sp³-hybridized carbons (Fsp3) is 0.333. The van der Waals surface area contributed by atoms with Crippen LogP contribution in [0.1, 0.15) is 35.7 Å². The summed E-state index contributed by atoms with van der Waals surface area (Å²) < 4.78 is 18.5. The maximum Gasteiger partial charge on any atom is 0.165 e. The van der Waals surface area contributed by atoms with Crippen LogP contribution in [0.3, 0.4) is 0 Å². The number of halogens is 1. The number of benzene rings is 2. The Labute approximate surface area is 129 Å². The molecule has 0 saturated carbocycles. The summed E-state index contributed by atoms with van der Waals surface area (Å²) in [4.78, 5) is 0. The zero-order chi connectivity index (χ0) is 15.7. The normalized spacial score (nSPS) is 21.5. The summed E-state index contributed by atoms with van der Waals surface area (Å²) in [5.41, 5.74) is 3.24. The molecular formula is C18H20FNO2. The van der Waals surface area contributed by atoms with Gasteiger partial charge >= 0.3 is 0 Å².